The number of rotatable bonds is 6. The van der Waals surface area contributed by atoms with Crippen molar-refractivity contribution < 1.29 is 9.18 Å². The van der Waals surface area contributed by atoms with Gasteiger partial charge in [0.15, 0.2) is 0 Å². The van der Waals surface area contributed by atoms with Crippen molar-refractivity contribution in [3.63, 3.8) is 0 Å². The second kappa shape index (κ2) is 7.27. The van der Waals surface area contributed by atoms with Gasteiger partial charge in [-0.25, -0.2) is 4.39 Å². The summed E-state index contributed by atoms with van der Waals surface area (Å²) in [7, 11) is 0. The molecule has 1 aromatic carbocycles. The molecule has 0 atom stereocenters. The molecule has 1 aromatic rings. The molecule has 4 heteroatoms. The highest BCUT2D eigenvalue weighted by Gasteiger charge is 2.18. The molecular formula is C16H23FN2O. The molecule has 0 radical (unpaired) electrons. The summed E-state index contributed by atoms with van der Waals surface area (Å²) in [4.78, 5) is 12.2. The van der Waals surface area contributed by atoms with Crippen molar-refractivity contribution in [2.24, 2.45) is 5.92 Å². The van der Waals surface area contributed by atoms with E-state index >= 15 is 0 Å². The van der Waals surface area contributed by atoms with Gasteiger partial charge in [0.05, 0.1) is 11.3 Å². The van der Waals surface area contributed by atoms with E-state index in [0.29, 0.717) is 30.3 Å². The van der Waals surface area contributed by atoms with Crippen LogP contribution in [0.5, 0.6) is 0 Å². The second-order valence-corrected chi connectivity index (χ2v) is 5.45. The van der Waals surface area contributed by atoms with Crippen LogP contribution < -0.4 is 10.6 Å². The highest BCUT2D eigenvalue weighted by Crippen LogP contribution is 2.24. The summed E-state index contributed by atoms with van der Waals surface area (Å²) in [6.07, 6.45) is 5.76. The van der Waals surface area contributed by atoms with Crippen LogP contribution in [0.25, 0.3) is 0 Å². The Morgan fingerprint density at radius 2 is 2.10 bits per heavy atom. The van der Waals surface area contributed by atoms with Crippen molar-refractivity contribution in [1.82, 2.24) is 5.32 Å². The van der Waals surface area contributed by atoms with Gasteiger partial charge in [0.25, 0.3) is 5.91 Å². The molecule has 110 valence electrons. The fourth-order valence-electron chi connectivity index (χ4n) is 2.69. The van der Waals surface area contributed by atoms with Crippen LogP contribution in [0, 0.1) is 11.7 Å². The van der Waals surface area contributed by atoms with E-state index in [1.807, 2.05) is 6.92 Å². The minimum Gasteiger partial charge on any atom is -0.382 e. The van der Waals surface area contributed by atoms with Crippen LogP contribution in [0.15, 0.2) is 18.2 Å². The van der Waals surface area contributed by atoms with E-state index in [9.17, 15) is 9.18 Å². The lowest BCUT2D eigenvalue weighted by atomic mass is 10.1. The van der Waals surface area contributed by atoms with Gasteiger partial charge in [-0.15, -0.1) is 0 Å². The number of nitrogens with one attached hydrogen (secondary N) is 2. The molecule has 1 aliphatic carbocycles. The molecule has 0 saturated heterocycles. The van der Waals surface area contributed by atoms with Gasteiger partial charge in [0.2, 0.25) is 0 Å². The number of carbonyl (C=O) groups is 1. The van der Waals surface area contributed by atoms with Crippen LogP contribution in [-0.2, 0) is 0 Å². The Hall–Kier alpha value is -1.58. The molecule has 3 nitrogen and oxygen atoms in total. The van der Waals surface area contributed by atoms with Crippen molar-refractivity contribution >= 4 is 11.6 Å². The zero-order valence-electron chi connectivity index (χ0n) is 12.0. The first-order valence-electron chi connectivity index (χ1n) is 7.53. The number of anilines is 1. The Bertz CT molecular complexity index is 456. The summed E-state index contributed by atoms with van der Waals surface area (Å²) in [5.74, 6) is 0.0292. The van der Waals surface area contributed by atoms with Crippen LogP contribution in [0.4, 0.5) is 10.1 Å². The van der Waals surface area contributed by atoms with E-state index < -0.39 is 0 Å². The molecule has 1 fully saturated rings. The van der Waals surface area contributed by atoms with Gasteiger partial charge in [0, 0.05) is 13.1 Å². The molecule has 0 heterocycles. The maximum Gasteiger partial charge on any atom is 0.253 e. The summed E-state index contributed by atoms with van der Waals surface area (Å²) < 4.78 is 13.8. The first kappa shape index (κ1) is 14.8. The summed E-state index contributed by atoms with van der Waals surface area (Å²) in [5, 5.41) is 5.94. The molecule has 2 rings (SSSR count). The highest BCUT2D eigenvalue weighted by atomic mass is 19.1. The largest absolute Gasteiger partial charge is 0.382 e. The van der Waals surface area contributed by atoms with E-state index in [4.69, 9.17) is 0 Å². The third kappa shape index (κ3) is 3.71. The predicted octanol–water partition coefficient (Wildman–Crippen LogP) is 3.57. The van der Waals surface area contributed by atoms with E-state index in [1.165, 1.54) is 31.7 Å². The molecule has 1 aliphatic rings. The van der Waals surface area contributed by atoms with Crippen molar-refractivity contribution in [2.45, 2.75) is 39.0 Å². The van der Waals surface area contributed by atoms with Crippen LogP contribution in [-0.4, -0.2) is 19.0 Å². The van der Waals surface area contributed by atoms with Gasteiger partial charge < -0.3 is 10.6 Å². The number of amides is 1. The summed E-state index contributed by atoms with van der Waals surface area (Å²) in [6.45, 7) is 3.36. The maximum absolute atomic E-state index is 13.8. The van der Waals surface area contributed by atoms with Gasteiger partial charge in [-0.3, -0.25) is 4.79 Å². The molecule has 20 heavy (non-hydrogen) atoms. The SMILES string of the molecule is CCCNc1c(F)cccc1C(=O)NCC1CCCC1. The lowest BCUT2D eigenvalue weighted by molar-refractivity contribution is 0.0948. The summed E-state index contributed by atoms with van der Waals surface area (Å²) in [5.41, 5.74) is 0.717. The van der Waals surface area contributed by atoms with E-state index in [0.717, 1.165) is 6.42 Å². The number of hydrogen-bond donors (Lipinski definition) is 2. The highest BCUT2D eigenvalue weighted by molar-refractivity contribution is 5.99. The average Bonchev–Trinajstić information content (AvgIpc) is 2.96. The van der Waals surface area contributed by atoms with Crippen molar-refractivity contribution in [3.8, 4) is 0 Å². The third-order valence-corrected chi connectivity index (χ3v) is 3.84. The maximum atomic E-state index is 13.8. The first-order chi connectivity index (χ1) is 9.72. The molecule has 0 spiro atoms. The summed E-state index contributed by atoms with van der Waals surface area (Å²) in [6, 6.07) is 4.63. The Morgan fingerprint density at radius 3 is 2.80 bits per heavy atom. The van der Waals surface area contributed by atoms with Crippen LogP contribution in [0.2, 0.25) is 0 Å². The van der Waals surface area contributed by atoms with Crippen LogP contribution >= 0.6 is 0 Å². The standard InChI is InChI=1S/C16H23FN2O/c1-2-10-18-15-13(8-5-9-14(15)17)16(20)19-11-12-6-3-4-7-12/h5,8-9,12,18H,2-4,6-7,10-11H2,1H3,(H,19,20). The molecule has 0 aromatic heterocycles. The van der Waals surface area contributed by atoms with Crippen molar-refractivity contribution in [1.29, 1.82) is 0 Å². The number of para-hydroxylation sites is 1. The smallest absolute Gasteiger partial charge is 0.253 e. The average molecular weight is 278 g/mol. The van der Waals surface area contributed by atoms with Gasteiger partial charge in [0.1, 0.15) is 5.82 Å². The topological polar surface area (TPSA) is 41.1 Å². The number of hydrogen-bond acceptors (Lipinski definition) is 2. The monoisotopic (exact) mass is 278 g/mol. The Kier molecular flexibility index (Phi) is 5.39. The van der Waals surface area contributed by atoms with E-state index in [-0.39, 0.29) is 11.7 Å². The number of carbonyl (C=O) groups excluding carboxylic acids is 1. The third-order valence-electron chi connectivity index (χ3n) is 3.84. The zero-order chi connectivity index (χ0) is 14.4. The Balaban J connectivity index is 2.02. The molecule has 1 saturated carbocycles. The van der Waals surface area contributed by atoms with E-state index in [2.05, 4.69) is 10.6 Å². The molecule has 0 aliphatic heterocycles. The number of benzene rings is 1. The number of halogens is 1. The van der Waals surface area contributed by atoms with Crippen molar-refractivity contribution in [3.05, 3.63) is 29.6 Å². The molecule has 1 amide bonds. The van der Waals surface area contributed by atoms with Gasteiger partial charge in [-0.1, -0.05) is 25.8 Å². The lowest BCUT2D eigenvalue weighted by Gasteiger charge is -2.14. The van der Waals surface area contributed by atoms with Gasteiger partial charge >= 0.3 is 0 Å². The predicted molar refractivity (Wildman–Crippen MR) is 79.5 cm³/mol. The zero-order valence-corrected chi connectivity index (χ0v) is 12.0. The first-order valence-corrected chi connectivity index (χ1v) is 7.53. The molecular weight excluding hydrogens is 255 g/mol. The minimum absolute atomic E-state index is 0.185. The van der Waals surface area contributed by atoms with E-state index in [1.54, 1.807) is 12.1 Å². The molecule has 2 N–H and O–H groups in total. The van der Waals surface area contributed by atoms with Crippen LogP contribution in [0.1, 0.15) is 49.4 Å². The van der Waals surface area contributed by atoms with Crippen LogP contribution in [0.3, 0.4) is 0 Å². The molecule has 0 unspecified atom stereocenters. The summed E-state index contributed by atoms with van der Waals surface area (Å²) >= 11 is 0. The fourth-order valence-corrected chi connectivity index (χ4v) is 2.69. The second-order valence-electron chi connectivity index (χ2n) is 5.45. The quantitative estimate of drug-likeness (QED) is 0.835. The molecule has 0 bridgehead atoms. The fraction of sp³-hybridized carbons (Fsp3) is 0.562. The minimum atomic E-state index is -0.369. The van der Waals surface area contributed by atoms with Gasteiger partial charge in [-0.05, 0) is 37.3 Å². The lowest BCUT2D eigenvalue weighted by Crippen LogP contribution is -2.29. The van der Waals surface area contributed by atoms with Crippen molar-refractivity contribution in [2.75, 3.05) is 18.4 Å². The Morgan fingerprint density at radius 1 is 1.35 bits per heavy atom. The Labute approximate surface area is 120 Å². The normalized spacial score (nSPS) is 15.3. The van der Waals surface area contributed by atoms with Gasteiger partial charge in [-0.2, -0.15) is 0 Å².